The average molecular weight is 341 g/mol. The highest BCUT2D eigenvalue weighted by atomic mass is 32.2. The molecule has 1 heterocycles. The summed E-state index contributed by atoms with van der Waals surface area (Å²) in [6, 6.07) is 17.4. The highest BCUT2D eigenvalue weighted by molar-refractivity contribution is 7.92. The molecule has 0 aliphatic rings. The Kier molecular flexibility index (Phi) is 4.40. The largest absolute Gasteiger partial charge is 0.279 e. The van der Waals surface area contributed by atoms with Gasteiger partial charge in [-0.3, -0.25) is 9.40 Å². The fraction of sp³-hybridized carbons (Fsp3) is 0.167. The van der Waals surface area contributed by atoms with Crippen LogP contribution in [0.15, 0.2) is 65.7 Å². The van der Waals surface area contributed by atoms with E-state index in [0.29, 0.717) is 17.8 Å². The molecule has 0 bridgehead atoms. The number of benzene rings is 2. The van der Waals surface area contributed by atoms with Crippen molar-refractivity contribution in [2.75, 3.05) is 4.72 Å². The van der Waals surface area contributed by atoms with Gasteiger partial charge in [0.2, 0.25) is 0 Å². The van der Waals surface area contributed by atoms with Crippen LogP contribution in [0.2, 0.25) is 0 Å². The first kappa shape index (κ1) is 16.3. The Balaban J connectivity index is 1.92. The van der Waals surface area contributed by atoms with Gasteiger partial charge in [0.1, 0.15) is 4.90 Å². The average Bonchev–Trinajstić information content (AvgIpc) is 2.90. The second-order valence-electron chi connectivity index (χ2n) is 5.64. The first-order chi connectivity index (χ1) is 11.5. The molecule has 0 spiro atoms. The van der Waals surface area contributed by atoms with Gasteiger partial charge in [-0.25, -0.2) is 8.42 Å². The summed E-state index contributed by atoms with van der Waals surface area (Å²) in [7, 11) is -1.95. The number of rotatable bonds is 5. The Hall–Kier alpha value is -2.60. The van der Waals surface area contributed by atoms with E-state index in [2.05, 4.69) is 9.82 Å². The summed E-state index contributed by atoms with van der Waals surface area (Å²) in [6.45, 7) is 1.73. The third-order valence-electron chi connectivity index (χ3n) is 3.98. The number of hydrogen-bond donors (Lipinski definition) is 1. The van der Waals surface area contributed by atoms with Crippen LogP contribution < -0.4 is 4.72 Å². The predicted octanol–water partition coefficient (Wildman–Crippen LogP) is 3.12. The van der Waals surface area contributed by atoms with Gasteiger partial charge >= 0.3 is 0 Å². The zero-order chi connectivity index (χ0) is 17.2. The van der Waals surface area contributed by atoms with E-state index >= 15 is 0 Å². The maximum Gasteiger partial charge on any atom is 0.265 e. The number of aromatic nitrogens is 2. The molecule has 2 aromatic carbocycles. The Bertz CT molecular complexity index is 947. The van der Waals surface area contributed by atoms with Gasteiger partial charge in [0.05, 0.1) is 17.6 Å². The van der Waals surface area contributed by atoms with Gasteiger partial charge < -0.3 is 0 Å². The van der Waals surface area contributed by atoms with E-state index in [4.69, 9.17) is 0 Å². The SMILES string of the molecule is Cc1c(S(=O)(=O)Nc2ccccc2Cc2ccccc2)cnn1C. The number of anilines is 1. The van der Waals surface area contributed by atoms with Crippen LogP contribution in [0.5, 0.6) is 0 Å². The summed E-state index contributed by atoms with van der Waals surface area (Å²) in [4.78, 5) is 0.194. The van der Waals surface area contributed by atoms with Crippen molar-refractivity contribution in [3.05, 3.63) is 77.6 Å². The van der Waals surface area contributed by atoms with E-state index in [-0.39, 0.29) is 4.90 Å². The molecule has 0 radical (unpaired) electrons. The number of hydrogen-bond acceptors (Lipinski definition) is 3. The lowest BCUT2D eigenvalue weighted by atomic mass is 10.0. The van der Waals surface area contributed by atoms with Crippen LogP contribution in [0.3, 0.4) is 0 Å². The normalized spacial score (nSPS) is 11.4. The van der Waals surface area contributed by atoms with Crippen LogP contribution in [0, 0.1) is 6.92 Å². The lowest BCUT2D eigenvalue weighted by molar-refractivity contribution is 0.600. The molecule has 0 fully saturated rings. The number of nitrogens with zero attached hydrogens (tertiary/aromatic N) is 2. The first-order valence-corrected chi connectivity index (χ1v) is 9.09. The number of para-hydroxylation sites is 1. The number of sulfonamides is 1. The fourth-order valence-corrected chi connectivity index (χ4v) is 3.84. The summed E-state index contributed by atoms with van der Waals surface area (Å²) in [5.41, 5.74) is 3.24. The Labute approximate surface area is 142 Å². The van der Waals surface area contributed by atoms with E-state index in [1.165, 1.54) is 6.20 Å². The van der Waals surface area contributed by atoms with Gasteiger partial charge in [-0.05, 0) is 30.5 Å². The van der Waals surface area contributed by atoms with Crippen molar-refractivity contribution in [3.63, 3.8) is 0 Å². The molecule has 0 aliphatic heterocycles. The van der Waals surface area contributed by atoms with Crippen LogP contribution in [0.1, 0.15) is 16.8 Å². The molecule has 0 atom stereocenters. The van der Waals surface area contributed by atoms with E-state index in [1.54, 1.807) is 24.7 Å². The van der Waals surface area contributed by atoms with Gasteiger partial charge in [-0.15, -0.1) is 0 Å². The quantitative estimate of drug-likeness (QED) is 0.775. The Morgan fingerprint density at radius 1 is 1.04 bits per heavy atom. The van der Waals surface area contributed by atoms with Gasteiger partial charge in [0.15, 0.2) is 0 Å². The van der Waals surface area contributed by atoms with Crippen LogP contribution in [0.25, 0.3) is 0 Å². The minimum absolute atomic E-state index is 0.194. The van der Waals surface area contributed by atoms with E-state index in [1.807, 2.05) is 48.5 Å². The zero-order valence-electron chi connectivity index (χ0n) is 13.6. The van der Waals surface area contributed by atoms with Gasteiger partial charge in [0.25, 0.3) is 10.0 Å². The topological polar surface area (TPSA) is 64.0 Å². The van der Waals surface area contributed by atoms with E-state index in [9.17, 15) is 8.42 Å². The van der Waals surface area contributed by atoms with Crippen LogP contribution >= 0.6 is 0 Å². The molecule has 24 heavy (non-hydrogen) atoms. The highest BCUT2D eigenvalue weighted by Gasteiger charge is 2.21. The van der Waals surface area contributed by atoms with Crippen molar-refractivity contribution in [2.45, 2.75) is 18.2 Å². The van der Waals surface area contributed by atoms with Gasteiger partial charge in [0, 0.05) is 7.05 Å². The summed E-state index contributed by atoms with van der Waals surface area (Å²) >= 11 is 0. The molecule has 0 saturated heterocycles. The van der Waals surface area contributed by atoms with Crippen LogP contribution in [-0.2, 0) is 23.5 Å². The van der Waals surface area contributed by atoms with E-state index < -0.39 is 10.0 Å². The molecule has 0 unspecified atom stereocenters. The lowest BCUT2D eigenvalue weighted by Crippen LogP contribution is -2.15. The van der Waals surface area contributed by atoms with Gasteiger partial charge in [-0.2, -0.15) is 5.10 Å². The minimum atomic E-state index is -3.67. The predicted molar refractivity (Wildman–Crippen MR) is 94.4 cm³/mol. The second kappa shape index (κ2) is 6.49. The third-order valence-corrected chi connectivity index (χ3v) is 5.45. The monoisotopic (exact) mass is 341 g/mol. The first-order valence-electron chi connectivity index (χ1n) is 7.60. The van der Waals surface area contributed by atoms with Crippen molar-refractivity contribution >= 4 is 15.7 Å². The Morgan fingerprint density at radius 3 is 2.38 bits per heavy atom. The maximum atomic E-state index is 12.7. The summed E-state index contributed by atoms with van der Waals surface area (Å²) < 4.78 is 29.6. The molecule has 1 aromatic heterocycles. The maximum absolute atomic E-state index is 12.7. The number of aryl methyl sites for hydroxylation is 1. The van der Waals surface area contributed by atoms with E-state index in [0.717, 1.165) is 11.1 Å². The van der Waals surface area contributed by atoms with Gasteiger partial charge in [-0.1, -0.05) is 48.5 Å². The smallest absolute Gasteiger partial charge is 0.265 e. The van der Waals surface area contributed by atoms with Crippen molar-refractivity contribution in [2.24, 2.45) is 7.05 Å². The lowest BCUT2D eigenvalue weighted by Gasteiger charge is -2.12. The summed E-state index contributed by atoms with van der Waals surface area (Å²) in [5.74, 6) is 0. The molecule has 0 saturated carbocycles. The highest BCUT2D eigenvalue weighted by Crippen LogP contribution is 2.23. The van der Waals surface area contributed by atoms with Crippen molar-refractivity contribution in [1.82, 2.24) is 9.78 Å². The van der Waals surface area contributed by atoms with Crippen molar-refractivity contribution in [1.29, 1.82) is 0 Å². The Morgan fingerprint density at radius 2 is 1.71 bits per heavy atom. The third kappa shape index (κ3) is 3.33. The van der Waals surface area contributed by atoms with Crippen molar-refractivity contribution in [3.8, 4) is 0 Å². The fourth-order valence-electron chi connectivity index (χ4n) is 2.53. The number of nitrogens with one attached hydrogen (secondary N) is 1. The molecular formula is C18H19N3O2S. The second-order valence-corrected chi connectivity index (χ2v) is 7.29. The zero-order valence-corrected chi connectivity index (χ0v) is 14.4. The molecule has 3 rings (SSSR count). The molecule has 0 amide bonds. The molecule has 5 nitrogen and oxygen atoms in total. The molecule has 6 heteroatoms. The molecule has 0 aliphatic carbocycles. The molecule has 124 valence electrons. The molecule has 1 N–H and O–H groups in total. The molecule has 3 aromatic rings. The van der Waals surface area contributed by atoms with Crippen LogP contribution in [0.4, 0.5) is 5.69 Å². The van der Waals surface area contributed by atoms with Crippen LogP contribution in [-0.4, -0.2) is 18.2 Å². The molecular weight excluding hydrogens is 322 g/mol. The standard InChI is InChI=1S/C18H19N3O2S/c1-14-18(13-19-21(14)2)24(22,23)20-17-11-7-6-10-16(17)12-15-8-4-3-5-9-15/h3-11,13,20H,12H2,1-2H3. The summed E-state index contributed by atoms with van der Waals surface area (Å²) in [6.07, 6.45) is 2.03. The minimum Gasteiger partial charge on any atom is -0.279 e. The summed E-state index contributed by atoms with van der Waals surface area (Å²) in [5, 5.41) is 4.01. The van der Waals surface area contributed by atoms with Crippen molar-refractivity contribution < 1.29 is 8.42 Å².